The van der Waals surface area contributed by atoms with Crippen molar-refractivity contribution in [3.8, 4) is 0 Å². The van der Waals surface area contributed by atoms with Gasteiger partial charge in [-0.3, -0.25) is 19.5 Å². The van der Waals surface area contributed by atoms with E-state index >= 15 is 0 Å². The summed E-state index contributed by atoms with van der Waals surface area (Å²) in [5.74, 6) is 0. The van der Waals surface area contributed by atoms with Crippen molar-refractivity contribution in [3.63, 3.8) is 0 Å². The molecule has 2 rings (SSSR count). The summed E-state index contributed by atoms with van der Waals surface area (Å²) in [5.41, 5.74) is -0.613. The number of ether oxygens (including phenoxy) is 1. The number of aromatic nitrogens is 1. The molecule has 0 atom stereocenters. The molecule has 0 N–H and O–H groups in total. The van der Waals surface area contributed by atoms with E-state index in [1.807, 2.05) is 0 Å². The normalized spacial score (nSPS) is 15.5. The molecular formula is C10H9ClN2O4. The Morgan fingerprint density at radius 3 is 2.88 bits per heavy atom. The molecular weight excluding hydrogens is 248 g/mol. The van der Waals surface area contributed by atoms with E-state index in [0.717, 1.165) is 0 Å². The Morgan fingerprint density at radius 1 is 1.53 bits per heavy atom. The van der Waals surface area contributed by atoms with Crippen LogP contribution in [0.3, 0.4) is 0 Å². The number of halogens is 1. The van der Waals surface area contributed by atoms with Crippen molar-refractivity contribution in [2.24, 2.45) is 0 Å². The van der Waals surface area contributed by atoms with Gasteiger partial charge in [-0.2, -0.15) is 0 Å². The molecule has 1 aliphatic heterocycles. The lowest BCUT2D eigenvalue weighted by Gasteiger charge is -2.15. The molecule has 90 valence electrons. The molecule has 1 aliphatic rings. The number of nitrogens with zero attached hydrogens (tertiary/aromatic N) is 2. The smallest absolute Gasteiger partial charge is 0.352 e. The van der Waals surface area contributed by atoms with Crippen LogP contribution in [-0.2, 0) is 4.74 Å². The van der Waals surface area contributed by atoms with Gasteiger partial charge >= 0.3 is 11.2 Å². The quantitative estimate of drug-likeness (QED) is 0.596. The second kappa shape index (κ2) is 4.68. The molecule has 0 amide bonds. The van der Waals surface area contributed by atoms with E-state index in [4.69, 9.17) is 16.3 Å². The SMILES string of the molecule is O=c1c([N+](=O)[O-])c(Cl)ccn1C1=CCOCC1. The molecule has 1 aromatic heterocycles. The van der Waals surface area contributed by atoms with Gasteiger partial charge in [0.15, 0.2) is 0 Å². The van der Waals surface area contributed by atoms with Gasteiger partial charge < -0.3 is 4.74 Å². The Kier molecular flexibility index (Phi) is 3.26. The highest BCUT2D eigenvalue weighted by molar-refractivity contribution is 6.32. The minimum absolute atomic E-state index is 0.149. The average Bonchev–Trinajstić information content (AvgIpc) is 2.30. The van der Waals surface area contributed by atoms with Crippen LogP contribution in [-0.4, -0.2) is 22.7 Å². The van der Waals surface area contributed by atoms with Crippen LogP contribution < -0.4 is 5.56 Å². The first-order chi connectivity index (χ1) is 8.11. The molecule has 7 heteroatoms. The summed E-state index contributed by atoms with van der Waals surface area (Å²) in [6, 6.07) is 1.34. The van der Waals surface area contributed by atoms with E-state index in [1.54, 1.807) is 6.08 Å². The largest absolute Gasteiger partial charge is 0.377 e. The number of rotatable bonds is 2. The molecule has 0 aromatic carbocycles. The van der Waals surface area contributed by atoms with E-state index in [-0.39, 0.29) is 5.02 Å². The lowest BCUT2D eigenvalue weighted by atomic mass is 10.2. The molecule has 0 fully saturated rings. The molecule has 2 heterocycles. The lowest BCUT2D eigenvalue weighted by molar-refractivity contribution is -0.386. The Hall–Kier alpha value is -1.66. The summed E-state index contributed by atoms with van der Waals surface area (Å²) in [4.78, 5) is 21.9. The fourth-order valence-electron chi connectivity index (χ4n) is 1.63. The summed E-state index contributed by atoms with van der Waals surface area (Å²) in [7, 11) is 0. The lowest BCUT2D eigenvalue weighted by Crippen LogP contribution is -2.23. The zero-order chi connectivity index (χ0) is 12.4. The first-order valence-electron chi connectivity index (χ1n) is 4.94. The first kappa shape index (κ1) is 11.8. The molecule has 0 bridgehead atoms. The Balaban J connectivity index is 2.57. The van der Waals surface area contributed by atoms with Crippen molar-refractivity contribution < 1.29 is 9.66 Å². The predicted molar refractivity (Wildman–Crippen MR) is 62.1 cm³/mol. The second-order valence-corrected chi connectivity index (χ2v) is 3.87. The van der Waals surface area contributed by atoms with Crippen LogP contribution in [0.2, 0.25) is 5.02 Å². The van der Waals surface area contributed by atoms with Gasteiger partial charge in [-0.15, -0.1) is 0 Å². The highest BCUT2D eigenvalue weighted by atomic mass is 35.5. The summed E-state index contributed by atoms with van der Waals surface area (Å²) >= 11 is 5.64. The van der Waals surface area contributed by atoms with Crippen LogP contribution in [0.25, 0.3) is 5.70 Å². The van der Waals surface area contributed by atoms with E-state index in [9.17, 15) is 14.9 Å². The van der Waals surface area contributed by atoms with Gasteiger partial charge in [-0.05, 0) is 12.1 Å². The van der Waals surface area contributed by atoms with Crippen molar-refractivity contribution in [1.29, 1.82) is 0 Å². The molecule has 6 nitrogen and oxygen atoms in total. The monoisotopic (exact) mass is 256 g/mol. The summed E-state index contributed by atoms with van der Waals surface area (Å²) in [6.45, 7) is 0.896. The van der Waals surface area contributed by atoms with Crippen molar-refractivity contribution in [2.75, 3.05) is 13.2 Å². The third kappa shape index (κ3) is 2.22. The molecule has 0 unspecified atom stereocenters. The van der Waals surface area contributed by atoms with Crippen LogP contribution in [0.1, 0.15) is 6.42 Å². The first-order valence-corrected chi connectivity index (χ1v) is 5.32. The van der Waals surface area contributed by atoms with Crippen LogP contribution in [0.5, 0.6) is 0 Å². The van der Waals surface area contributed by atoms with Crippen molar-refractivity contribution >= 4 is 23.0 Å². The molecule has 0 aliphatic carbocycles. The van der Waals surface area contributed by atoms with E-state index in [0.29, 0.717) is 25.3 Å². The van der Waals surface area contributed by atoms with Crippen molar-refractivity contribution in [1.82, 2.24) is 4.57 Å². The molecule has 17 heavy (non-hydrogen) atoms. The predicted octanol–water partition coefficient (Wildman–Crippen LogP) is 1.67. The number of nitro groups is 1. The minimum Gasteiger partial charge on any atom is -0.377 e. The topological polar surface area (TPSA) is 74.4 Å². The van der Waals surface area contributed by atoms with Gasteiger partial charge in [0.1, 0.15) is 5.02 Å². The minimum atomic E-state index is -0.763. The van der Waals surface area contributed by atoms with Crippen LogP contribution in [0, 0.1) is 10.1 Å². The highest BCUT2D eigenvalue weighted by Gasteiger charge is 2.21. The summed E-state index contributed by atoms with van der Waals surface area (Å²) < 4.78 is 6.35. The van der Waals surface area contributed by atoms with Gasteiger partial charge in [0.25, 0.3) is 0 Å². The Morgan fingerprint density at radius 2 is 2.29 bits per heavy atom. The zero-order valence-electron chi connectivity index (χ0n) is 8.76. The fourth-order valence-corrected chi connectivity index (χ4v) is 1.84. The Bertz CT molecular complexity index is 550. The van der Waals surface area contributed by atoms with Crippen molar-refractivity contribution in [2.45, 2.75) is 6.42 Å². The molecule has 0 saturated heterocycles. The van der Waals surface area contributed by atoms with Crippen LogP contribution in [0.4, 0.5) is 5.69 Å². The van der Waals surface area contributed by atoms with E-state index in [1.165, 1.54) is 16.8 Å². The molecule has 0 spiro atoms. The van der Waals surface area contributed by atoms with Crippen molar-refractivity contribution in [3.05, 3.63) is 43.8 Å². The van der Waals surface area contributed by atoms with Crippen LogP contribution in [0.15, 0.2) is 23.1 Å². The maximum absolute atomic E-state index is 11.9. The highest BCUT2D eigenvalue weighted by Crippen LogP contribution is 2.21. The van der Waals surface area contributed by atoms with Gasteiger partial charge in [-0.1, -0.05) is 11.6 Å². The van der Waals surface area contributed by atoms with E-state index < -0.39 is 16.2 Å². The summed E-state index contributed by atoms with van der Waals surface area (Å²) in [6.07, 6.45) is 3.70. The standard InChI is InChI=1S/C10H9ClN2O4/c11-8-1-4-12(7-2-5-17-6-3-7)10(14)9(8)13(15)16/h1-2,4H,3,5-6H2. The van der Waals surface area contributed by atoms with Gasteiger partial charge in [-0.25, -0.2) is 0 Å². The maximum Gasteiger partial charge on any atom is 0.352 e. The zero-order valence-corrected chi connectivity index (χ0v) is 9.51. The third-order valence-corrected chi connectivity index (χ3v) is 2.75. The number of hydrogen-bond donors (Lipinski definition) is 0. The van der Waals surface area contributed by atoms with Gasteiger partial charge in [0, 0.05) is 18.3 Å². The average molecular weight is 257 g/mol. The number of hydrogen-bond acceptors (Lipinski definition) is 4. The van der Waals surface area contributed by atoms with Crippen LogP contribution >= 0.6 is 11.6 Å². The maximum atomic E-state index is 11.9. The summed E-state index contributed by atoms with van der Waals surface area (Å²) in [5, 5.41) is 10.6. The van der Waals surface area contributed by atoms with E-state index in [2.05, 4.69) is 0 Å². The molecule has 0 saturated carbocycles. The fraction of sp³-hybridized carbons (Fsp3) is 0.300. The Labute approximate surface area is 101 Å². The second-order valence-electron chi connectivity index (χ2n) is 3.46. The van der Waals surface area contributed by atoms with Gasteiger partial charge in [0.05, 0.1) is 18.1 Å². The van der Waals surface area contributed by atoms with Gasteiger partial charge in [0.2, 0.25) is 0 Å². The number of pyridine rings is 1. The molecule has 1 aromatic rings. The molecule has 0 radical (unpaired) electrons. The third-order valence-electron chi connectivity index (χ3n) is 2.45.